The number of hydrogen-bond donors (Lipinski definition) is 1. The number of benzene rings is 2. The molecule has 2 aromatic carbocycles. The molecule has 0 saturated heterocycles. The summed E-state index contributed by atoms with van der Waals surface area (Å²) < 4.78 is 6.05. The van der Waals surface area contributed by atoms with Crippen LogP contribution in [0.1, 0.15) is 24.1 Å². The summed E-state index contributed by atoms with van der Waals surface area (Å²) in [6.07, 6.45) is -0.505. The maximum atomic E-state index is 12.5. The van der Waals surface area contributed by atoms with Gasteiger partial charge < -0.3 is 10.1 Å². The van der Waals surface area contributed by atoms with Crippen LogP contribution in [0.25, 0.3) is 0 Å². The quantitative estimate of drug-likeness (QED) is 0.846. The third kappa shape index (κ3) is 3.28. The molecule has 1 N–H and O–H groups in total. The third-order valence-corrected chi connectivity index (χ3v) is 4.32. The van der Waals surface area contributed by atoms with E-state index in [4.69, 9.17) is 4.74 Å². The molecule has 0 unspecified atom stereocenters. The molecular formula is C18H17BrN2O3. The lowest BCUT2D eigenvalue weighted by Gasteiger charge is -2.29. The lowest BCUT2D eigenvalue weighted by molar-refractivity contribution is -0.117. The fourth-order valence-corrected chi connectivity index (χ4v) is 3.23. The van der Waals surface area contributed by atoms with E-state index in [2.05, 4.69) is 21.2 Å². The number of nitrogens with one attached hydrogen (secondary N) is 1. The lowest BCUT2D eigenvalue weighted by atomic mass is 9.96. The van der Waals surface area contributed by atoms with Gasteiger partial charge in [0.1, 0.15) is 6.54 Å². The molecule has 0 spiro atoms. The minimum Gasteiger partial charge on any atom is -0.450 e. The Bertz CT molecular complexity index is 764. The summed E-state index contributed by atoms with van der Waals surface area (Å²) in [7, 11) is 0. The molecule has 1 atom stereocenters. The highest BCUT2D eigenvalue weighted by atomic mass is 79.9. The monoisotopic (exact) mass is 388 g/mol. The highest BCUT2D eigenvalue weighted by Crippen LogP contribution is 2.37. The highest BCUT2D eigenvalue weighted by Gasteiger charge is 2.34. The first kappa shape index (κ1) is 16.5. The summed E-state index contributed by atoms with van der Waals surface area (Å²) in [5.41, 5.74) is 2.46. The van der Waals surface area contributed by atoms with Crippen molar-refractivity contribution < 1.29 is 14.3 Å². The molecule has 2 amide bonds. The zero-order valence-corrected chi connectivity index (χ0v) is 14.7. The second kappa shape index (κ2) is 7.05. The van der Waals surface area contributed by atoms with Gasteiger partial charge in [-0.25, -0.2) is 4.79 Å². The van der Waals surface area contributed by atoms with Crippen molar-refractivity contribution in [1.29, 1.82) is 0 Å². The normalized spacial score (nSPS) is 16.8. The first-order chi connectivity index (χ1) is 11.6. The van der Waals surface area contributed by atoms with E-state index in [-0.39, 0.29) is 19.1 Å². The number of anilines is 1. The van der Waals surface area contributed by atoms with E-state index >= 15 is 0 Å². The number of rotatable bonds is 2. The Morgan fingerprint density at radius 2 is 2.04 bits per heavy atom. The largest absolute Gasteiger partial charge is 0.450 e. The highest BCUT2D eigenvalue weighted by molar-refractivity contribution is 9.10. The Morgan fingerprint density at radius 3 is 2.75 bits per heavy atom. The summed E-state index contributed by atoms with van der Waals surface area (Å²) in [4.78, 5) is 26.2. The van der Waals surface area contributed by atoms with Crippen molar-refractivity contribution in [1.82, 2.24) is 4.90 Å². The second-order valence-electron chi connectivity index (χ2n) is 5.42. The minimum absolute atomic E-state index is 0.0648. The van der Waals surface area contributed by atoms with Gasteiger partial charge in [0.15, 0.2) is 0 Å². The van der Waals surface area contributed by atoms with Crippen LogP contribution in [0.15, 0.2) is 53.0 Å². The third-order valence-electron chi connectivity index (χ3n) is 3.83. The Balaban J connectivity index is 2.17. The Kier molecular flexibility index (Phi) is 4.85. The van der Waals surface area contributed by atoms with Gasteiger partial charge in [-0.15, -0.1) is 0 Å². The molecule has 0 aliphatic carbocycles. The van der Waals surface area contributed by atoms with Gasteiger partial charge in [0.25, 0.3) is 0 Å². The van der Waals surface area contributed by atoms with Gasteiger partial charge in [0.05, 0.1) is 12.6 Å². The number of carbonyl (C=O) groups is 2. The standard InChI is InChI=1S/C18H17BrN2O3/c1-2-24-18(23)21-11-16(22)20-15-9-8-13(19)10-14(15)17(21)12-6-4-3-5-7-12/h3-10,17H,2,11H2,1H3,(H,20,22)/t17-/m0/s1. The molecule has 1 heterocycles. The SMILES string of the molecule is CCOC(=O)N1CC(=O)Nc2ccc(Br)cc2[C@@H]1c1ccccc1. The number of carbonyl (C=O) groups excluding carboxylic acids is 2. The summed E-state index contributed by atoms with van der Waals surface area (Å²) >= 11 is 3.47. The molecule has 0 fully saturated rings. The van der Waals surface area contributed by atoms with Crippen molar-refractivity contribution in [3.8, 4) is 0 Å². The molecule has 0 bridgehead atoms. The zero-order valence-electron chi connectivity index (χ0n) is 13.2. The van der Waals surface area contributed by atoms with Gasteiger partial charge in [-0.05, 0) is 30.7 Å². The maximum Gasteiger partial charge on any atom is 0.411 e. The van der Waals surface area contributed by atoms with Gasteiger partial charge in [0.2, 0.25) is 5.91 Å². The smallest absolute Gasteiger partial charge is 0.411 e. The Hall–Kier alpha value is -2.34. The van der Waals surface area contributed by atoms with Crippen LogP contribution < -0.4 is 5.32 Å². The second-order valence-corrected chi connectivity index (χ2v) is 6.34. The lowest BCUT2D eigenvalue weighted by Crippen LogP contribution is -2.39. The van der Waals surface area contributed by atoms with Crippen molar-refractivity contribution in [2.75, 3.05) is 18.5 Å². The van der Waals surface area contributed by atoms with Crippen molar-refractivity contribution in [2.45, 2.75) is 13.0 Å². The van der Waals surface area contributed by atoms with E-state index in [1.165, 1.54) is 4.90 Å². The number of amides is 2. The molecule has 0 aromatic heterocycles. The zero-order chi connectivity index (χ0) is 17.1. The van der Waals surface area contributed by atoms with Crippen molar-refractivity contribution >= 4 is 33.6 Å². The Labute approximate surface area is 148 Å². The van der Waals surface area contributed by atoms with Crippen LogP contribution in [0.3, 0.4) is 0 Å². The number of ether oxygens (including phenoxy) is 1. The first-order valence-corrected chi connectivity index (χ1v) is 8.47. The van der Waals surface area contributed by atoms with Crippen LogP contribution in [-0.4, -0.2) is 30.1 Å². The van der Waals surface area contributed by atoms with E-state index in [1.54, 1.807) is 6.92 Å². The van der Waals surface area contributed by atoms with Crippen LogP contribution >= 0.6 is 15.9 Å². The molecular weight excluding hydrogens is 372 g/mol. The van der Waals surface area contributed by atoms with E-state index in [0.29, 0.717) is 5.69 Å². The molecule has 0 radical (unpaired) electrons. The number of fused-ring (bicyclic) bond motifs is 1. The van der Waals surface area contributed by atoms with Crippen LogP contribution in [0.2, 0.25) is 0 Å². The van der Waals surface area contributed by atoms with Crippen LogP contribution in [0.5, 0.6) is 0 Å². The first-order valence-electron chi connectivity index (χ1n) is 7.67. The summed E-state index contributed by atoms with van der Waals surface area (Å²) in [6, 6.07) is 14.8. The number of hydrogen-bond acceptors (Lipinski definition) is 3. The average molecular weight is 389 g/mol. The van der Waals surface area contributed by atoms with Crippen LogP contribution in [0, 0.1) is 0 Å². The Morgan fingerprint density at radius 1 is 1.29 bits per heavy atom. The fraction of sp³-hybridized carbons (Fsp3) is 0.222. The molecule has 124 valence electrons. The van der Waals surface area contributed by atoms with Crippen molar-refractivity contribution in [3.05, 3.63) is 64.1 Å². The van der Waals surface area contributed by atoms with Crippen molar-refractivity contribution in [2.24, 2.45) is 0 Å². The van der Waals surface area contributed by atoms with Crippen LogP contribution in [-0.2, 0) is 9.53 Å². The molecule has 24 heavy (non-hydrogen) atoms. The number of nitrogens with zero attached hydrogens (tertiary/aromatic N) is 1. The van der Waals surface area contributed by atoms with E-state index < -0.39 is 12.1 Å². The van der Waals surface area contributed by atoms with Gasteiger partial charge in [-0.2, -0.15) is 0 Å². The average Bonchev–Trinajstić information content (AvgIpc) is 2.71. The summed E-state index contributed by atoms with van der Waals surface area (Å²) in [6.45, 7) is 1.94. The molecule has 1 aliphatic rings. The summed E-state index contributed by atoms with van der Waals surface area (Å²) in [5.74, 6) is -0.245. The molecule has 2 aromatic rings. The van der Waals surface area contributed by atoms with Crippen LogP contribution in [0.4, 0.5) is 10.5 Å². The fourth-order valence-electron chi connectivity index (χ4n) is 2.85. The van der Waals surface area contributed by atoms with Gasteiger partial charge >= 0.3 is 6.09 Å². The van der Waals surface area contributed by atoms with E-state index in [1.807, 2.05) is 48.5 Å². The predicted octanol–water partition coefficient (Wildman–Crippen LogP) is 3.95. The molecule has 0 saturated carbocycles. The number of halogens is 1. The van der Waals surface area contributed by atoms with Gasteiger partial charge in [-0.1, -0.05) is 46.3 Å². The predicted molar refractivity (Wildman–Crippen MR) is 94.8 cm³/mol. The van der Waals surface area contributed by atoms with Gasteiger partial charge in [-0.3, -0.25) is 9.69 Å². The molecule has 5 nitrogen and oxygen atoms in total. The molecule has 6 heteroatoms. The minimum atomic E-state index is -0.505. The topological polar surface area (TPSA) is 58.6 Å². The molecule has 3 rings (SSSR count). The van der Waals surface area contributed by atoms with E-state index in [0.717, 1.165) is 15.6 Å². The molecule has 1 aliphatic heterocycles. The van der Waals surface area contributed by atoms with E-state index in [9.17, 15) is 9.59 Å². The maximum absolute atomic E-state index is 12.5. The van der Waals surface area contributed by atoms with Gasteiger partial charge in [0, 0.05) is 15.7 Å². The summed E-state index contributed by atoms with van der Waals surface area (Å²) in [5, 5.41) is 2.87. The van der Waals surface area contributed by atoms with Crippen molar-refractivity contribution in [3.63, 3.8) is 0 Å².